The Bertz CT molecular complexity index is 962. The lowest BCUT2D eigenvalue weighted by molar-refractivity contribution is 0.102. The number of anilines is 2. The van der Waals surface area contributed by atoms with Crippen LogP contribution in [0.2, 0.25) is 5.02 Å². The Balaban J connectivity index is 1.42. The fraction of sp³-hybridized carbons (Fsp3) is 0.250. The van der Waals surface area contributed by atoms with Crippen molar-refractivity contribution in [3.8, 4) is 11.3 Å². The summed E-state index contributed by atoms with van der Waals surface area (Å²) in [5, 5.41) is 3.56. The lowest BCUT2D eigenvalue weighted by Crippen LogP contribution is -2.23. The van der Waals surface area contributed by atoms with Crippen molar-refractivity contribution in [2.45, 2.75) is 25.7 Å². The average Bonchev–Trinajstić information content (AvgIpc) is 3.04. The van der Waals surface area contributed by atoms with Gasteiger partial charge in [-0.15, -0.1) is 0 Å². The van der Waals surface area contributed by atoms with Gasteiger partial charge in [0.05, 0.1) is 10.7 Å². The molecule has 0 unspecified atom stereocenters. The predicted octanol–water partition coefficient (Wildman–Crippen LogP) is 6.03. The number of nitrogens with one attached hydrogen (secondary N) is 1. The maximum absolute atomic E-state index is 12.6. The number of carbonyl (C=O) groups is 1. The first-order valence-electron chi connectivity index (χ1n) is 10.1. The molecule has 0 spiro atoms. The molecule has 5 heteroatoms. The summed E-state index contributed by atoms with van der Waals surface area (Å²) in [4.78, 5) is 19.3. The Hall–Kier alpha value is -2.85. The van der Waals surface area contributed by atoms with Crippen LogP contribution in [0.5, 0.6) is 0 Å². The molecule has 0 atom stereocenters. The van der Waals surface area contributed by atoms with Crippen LogP contribution in [0.15, 0.2) is 66.9 Å². The van der Waals surface area contributed by atoms with Crippen molar-refractivity contribution in [2.24, 2.45) is 0 Å². The summed E-state index contributed by atoms with van der Waals surface area (Å²) in [5.41, 5.74) is 4.21. The first kappa shape index (κ1) is 19.5. The van der Waals surface area contributed by atoms with E-state index in [0.29, 0.717) is 16.3 Å². The summed E-state index contributed by atoms with van der Waals surface area (Å²) in [6.07, 6.45) is 6.83. The number of aromatic nitrogens is 1. The molecule has 1 aliphatic heterocycles. The van der Waals surface area contributed by atoms with Gasteiger partial charge in [0.2, 0.25) is 0 Å². The molecule has 148 valence electrons. The highest BCUT2D eigenvalue weighted by Crippen LogP contribution is 2.26. The monoisotopic (exact) mass is 405 g/mol. The van der Waals surface area contributed by atoms with Crippen LogP contribution in [0.1, 0.15) is 36.0 Å². The van der Waals surface area contributed by atoms with Gasteiger partial charge in [-0.3, -0.25) is 9.78 Å². The lowest BCUT2D eigenvalue weighted by Gasteiger charge is -2.22. The van der Waals surface area contributed by atoms with Crippen LogP contribution in [0, 0.1) is 0 Å². The zero-order valence-corrected chi connectivity index (χ0v) is 17.0. The largest absolute Gasteiger partial charge is 0.372 e. The summed E-state index contributed by atoms with van der Waals surface area (Å²) in [5.74, 6) is -0.133. The molecular weight excluding hydrogens is 382 g/mol. The van der Waals surface area contributed by atoms with Gasteiger partial charge in [-0.2, -0.15) is 0 Å². The maximum Gasteiger partial charge on any atom is 0.255 e. The second kappa shape index (κ2) is 9.10. The van der Waals surface area contributed by atoms with E-state index < -0.39 is 0 Å². The van der Waals surface area contributed by atoms with Crippen LogP contribution in [-0.2, 0) is 0 Å². The van der Waals surface area contributed by atoms with Gasteiger partial charge in [0, 0.05) is 41.8 Å². The minimum absolute atomic E-state index is 0.133. The molecule has 4 rings (SSSR count). The molecule has 1 fully saturated rings. The van der Waals surface area contributed by atoms with Gasteiger partial charge in [0.1, 0.15) is 0 Å². The van der Waals surface area contributed by atoms with E-state index in [0.717, 1.165) is 24.3 Å². The summed E-state index contributed by atoms with van der Waals surface area (Å²) in [6, 6.07) is 19.0. The molecule has 1 aromatic heterocycles. The molecule has 1 aliphatic rings. The molecule has 0 aliphatic carbocycles. The van der Waals surface area contributed by atoms with Crippen LogP contribution >= 0.6 is 11.6 Å². The summed E-state index contributed by atoms with van der Waals surface area (Å²) >= 11 is 6.20. The zero-order valence-electron chi connectivity index (χ0n) is 16.3. The molecule has 2 heterocycles. The van der Waals surface area contributed by atoms with Crippen molar-refractivity contribution in [1.82, 2.24) is 4.98 Å². The van der Waals surface area contributed by atoms with E-state index in [9.17, 15) is 4.79 Å². The van der Waals surface area contributed by atoms with Gasteiger partial charge in [-0.25, -0.2) is 0 Å². The van der Waals surface area contributed by atoms with Crippen molar-refractivity contribution in [1.29, 1.82) is 0 Å². The van der Waals surface area contributed by atoms with Crippen LogP contribution in [-0.4, -0.2) is 24.0 Å². The quantitative estimate of drug-likeness (QED) is 0.576. The van der Waals surface area contributed by atoms with Gasteiger partial charge < -0.3 is 10.2 Å². The normalized spacial score (nSPS) is 14.3. The highest BCUT2D eigenvalue weighted by molar-refractivity contribution is 6.33. The van der Waals surface area contributed by atoms with Crippen molar-refractivity contribution >= 4 is 28.9 Å². The van der Waals surface area contributed by atoms with E-state index in [4.69, 9.17) is 11.6 Å². The number of nitrogens with zero attached hydrogens (tertiary/aromatic N) is 2. The first-order chi connectivity index (χ1) is 14.2. The topological polar surface area (TPSA) is 45.2 Å². The molecular formula is C24H24ClN3O. The molecule has 0 radical (unpaired) electrons. The number of carbonyl (C=O) groups excluding carboxylic acids is 1. The number of hydrogen-bond acceptors (Lipinski definition) is 3. The number of halogens is 1. The molecule has 2 aromatic carbocycles. The van der Waals surface area contributed by atoms with Crippen molar-refractivity contribution < 1.29 is 4.79 Å². The number of rotatable bonds is 4. The Morgan fingerprint density at radius 2 is 1.59 bits per heavy atom. The van der Waals surface area contributed by atoms with E-state index in [-0.39, 0.29) is 5.91 Å². The zero-order chi connectivity index (χ0) is 20.1. The number of hydrogen-bond donors (Lipinski definition) is 1. The van der Waals surface area contributed by atoms with Crippen LogP contribution < -0.4 is 10.2 Å². The number of pyridine rings is 1. The molecule has 1 N–H and O–H groups in total. The average molecular weight is 406 g/mol. The molecule has 3 aromatic rings. The Kier molecular flexibility index (Phi) is 6.11. The van der Waals surface area contributed by atoms with Crippen LogP contribution in [0.25, 0.3) is 11.3 Å². The molecule has 1 saturated heterocycles. The Morgan fingerprint density at radius 3 is 2.24 bits per heavy atom. The minimum atomic E-state index is -0.133. The van der Waals surface area contributed by atoms with Crippen molar-refractivity contribution in [3.63, 3.8) is 0 Å². The van der Waals surface area contributed by atoms with Crippen molar-refractivity contribution in [3.05, 3.63) is 77.4 Å². The lowest BCUT2D eigenvalue weighted by atomic mass is 10.1. The second-order valence-corrected chi connectivity index (χ2v) is 7.72. The van der Waals surface area contributed by atoms with E-state index in [1.165, 1.54) is 31.4 Å². The predicted molar refractivity (Wildman–Crippen MR) is 120 cm³/mol. The third kappa shape index (κ3) is 4.77. The second-order valence-electron chi connectivity index (χ2n) is 7.31. The van der Waals surface area contributed by atoms with E-state index >= 15 is 0 Å². The van der Waals surface area contributed by atoms with E-state index in [2.05, 4.69) is 27.3 Å². The third-order valence-corrected chi connectivity index (χ3v) is 5.58. The van der Waals surface area contributed by atoms with Gasteiger partial charge in [-0.1, -0.05) is 36.6 Å². The highest BCUT2D eigenvalue weighted by Gasteiger charge is 2.11. The van der Waals surface area contributed by atoms with Crippen LogP contribution in [0.3, 0.4) is 0 Å². The minimum Gasteiger partial charge on any atom is -0.372 e. The van der Waals surface area contributed by atoms with E-state index in [1.807, 2.05) is 24.3 Å². The fourth-order valence-corrected chi connectivity index (χ4v) is 3.90. The maximum atomic E-state index is 12.6. The molecule has 29 heavy (non-hydrogen) atoms. The van der Waals surface area contributed by atoms with Gasteiger partial charge >= 0.3 is 0 Å². The first-order valence-corrected chi connectivity index (χ1v) is 10.5. The fourth-order valence-electron chi connectivity index (χ4n) is 3.67. The smallest absolute Gasteiger partial charge is 0.255 e. The highest BCUT2D eigenvalue weighted by atomic mass is 35.5. The Morgan fingerprint density at radius 1 is 0.897 bits per heavy atom. The summed E-state index contributed by atoms with van der Waals surface area (Å²) in [6.45, 7) is 2.22. The Labute approximate surface area is 176 Å². The standard InChI is InChI=1S/C24H24ClN3O/c25-22-6-5-15-26-23(22)18-7-9-19(10-8-18)24(29)27-20-11-13-21(14-12-20)28-16-3-1-2-4-17-28/h5-15H,1-4,16-17H2,(H,27,29). The van der Waals surface area contributed by atoms with Gasteiger partial charge in [0.25, 0.3) is 5.91 Å². The van der Waals surface area contributed by atoms with Gasteiger partial charge in [-0.05, 0) is 61.4 Å². The van der Waals surface area contributed by atoms with E-state index in [1.54, 1.807) is 30.5 Å². The van der Waals surface area contributed by atoms with Crippen molar-refractivity contribution in [2.75, 3.05) is 23.3 Å². The molecule has 0 saturated carbocycles. The van der Waals surface area contributed by atoms with Crippen LogP contribution in [0.4, 0.5) is 11.4 Å². The van der Waals surface area contributed by atoms with Gasteiger partial charge in [0.15, 0.2) is 0 Å². The number of benzene rings is 2. The molecule has 1 amide bonds. The molecule has 0 bridgehead atoms. The summed E-state index contributed by atoms with van der Waals surface area (Å²) in [7, 11) is 0. The number of amides is 1. The molecule has 4 nitrogen and oxygen atoms in total. The summed E-state index contributed by atoms with van der Waals surface area (Å²) < 4.78 is 0. The third-order valence-electron chi connectivity index (χ3n) is 5.28. The SMILES string of the molecule is O=C(Nc1ccc(N2CCCCCC2)cc1)c1ccc(-c2ncccc2Cl)cc1.